The molecular weight excluding hydrogens is 419 g/mol. The van der Waals surface area contributed by atoms with E-state index in [1.165, 1.54) is 31.4 Å². The zero-order valence-corrected chi connectivity index (χ0v) is 17.4. The van der Waals surface area contributed by atoms with Gasteiger partial charge in [-0.3, -0.25) is 0 Å². The number of hydrogen-bond donors (Lipinski definition) is 1. The van der Waals surface area contributed by atoms with E-state index in [0.717, 1.165) is 5.56 Å². The van der Waals surface area contributed by atoms with Crippen LogP contribution in [0.4, 0.5) is 4.39 Å². The summed E-state index contributed by atoms with van der Waals surface area (Å²) in [6, 6.07) is 20.1. The minimum absolute atomic E-state index is 0.0164. The molecule has 0 radical (unpaired) electrons. The molecule has 0 saturated heterocycles. The second-order valence-corrected chi connectivity index (χ2v) is 8.43. The van der Waals surface area contributed by atoms with Crippen molar-refractivity contribution in [1.29, 1.82) is 0 Å². The molecule has 0 saturated carbocycles. The van der Waals surface area contributed by atoms with E-state index in [2.05, 4.69) is 4.98 Å². The molecule has 1 aromatic heterocycles. The Morgan fingerprint density at radius 3 is 2.29 bits per heavy atom. The topological polar surface area (TPSA) is 95.4 Å². The summed E-state index contributed by atoms with van der Waals surface area (Å²) in [4.78, 5) is 4.59. The molecule has 8 heteroatoms. The maximum absolute atomic E-state index is 14.3. The smallest absolute Gasteiger partial charge is 0.238 e. The van der Waals surface area contributed by atoms with Gasteiger partial charge in [-0.1, -0.05) is 30.3 Å². The van der Waals surface area contributed by atoms with Crippen LogP contribution in [-0.4, -0.2) is 20.5 Å². The van der Waals surface area contributed by atoms with E-state index in [9.17, 15) is 12.8 Å². The zero-order chi connectivity index (χ0) is 22.0. The Kier molecular flexibility index (Phi) is 5.58. The maximum atomic E-state index is 14.3. The fourth-order valence-electron chi connectivity index (χ4n) is 3.21. The molecule has 4 aromatic rings. The highest BCUT2D eigenvalue weighted by atomic mass is 32.2. The van der Waals surface area contributed by atoms with Crippen LogP contribution in [0.25, 0.3) is 22.6 Å². The number of rotatable bonds is 6. The van der Waals surface area contributed by atoms with Gasteiger partial charge in [0.1, 0.15) is 5.69 Å². The van der Waals surface area contributed by atoms with Crippen molar-refractivity contribution in [2.24, 2.45) is 5.14 Å². The number of oxazole rings is 1. The lowest BCUT2D eigenvalue weighted by molar-refractivity contribution is 0.386. The van der Waals surface area contributed by atoms with Crippen LogP contribution < -0.4 is 9.88 Å². The Hall–Kier alpha value is -3.49. The third-order valence-corrected chi connectivity index (χ3v) is 5.67. The predicted octanol–water partition coefficient (Wildman–Crippen LogP) is 4.39. The quantitative estimate of drug-likeness (QED) is 0.482. The van der Waals surface area contributed by atoms with E-state index in [4.69, 9.17) is 14.3 Å². The van der Waals surface area contributed by atoms with Gasteiger partial charge in [-0.2, -0.15) is 0 Å². The summed E-state index contributed by atoms with van der Waals surface area (Å²) in [6.45, 7) is 0. The minimum atomic E-state index is -3.82. The van der Waals surface area contributed by atoms with Crippen LogP contribution in [0.5, 0.6) is 5.75 Å². The Morgan fingerprint density at radius 1 is 1.00 bits per heavy atom. The summed E-state index contributed by atoms with van der Waals surface area (Å²) in [5, 5.41) is 5.18. The van der Waals surface area contributed by atoms with Gasteiger partial charge < -0.3 is 9.15 Å². The van der Waals surface area contributed by atoms with Crippen molar-refractivity contribution in [2.45, 2.75) is 11.3 Å². The first-order valence-corrected chi connectivity index (χ1v) is 10.9. The largest absolute Gasteiger partial charge is 0.494 e. The minimum Gasteiger partial charge on any atom is -0.494 e. The molecule has 1 heterocycles. The molecule has 0 aliphatic heterocycles. The summed E-state index contributed by atoms with van der Waals surface area (Å²) < 4.78 is 48.5. The van der Waals surface area contributed by atoms with E-state index in [0.29, 0.717) is 34.9 Å². The van der Waals surface area contributed by atoms with E-state index in [1.54, 1.807) is 18.2 Å². The van der Waals surface area contributed by atoms with E-state index in [-0.39, 0.29) is 10.6 Å². The van der Waals surface area contributed by atoms with E-state index >= 15 is 0 Å². The van der Waals surface area contributed by atoms with Crippen molar-refractivity contribution in [3.05, 3.63) is 90.1 Å². The number of ether oxygens (including phenoxy) is 1. The number of hydrogen-bond acceptors (Lipinski definition) is 5. The second kappa shape index (κ2) is 8.33. The van der Waals surface area contributed by atoms with E-state index < -0.39 is 15.8 Å². The summed E-state index contributed by atoms with van der Waals surface area (Å²) in [7, 11) is -2.43. The number of benzene rings is 3. The van der Waals surface area contributed by atoms with Crippen LogP contribution >= 0.6 is 0 Å². The lowest BCUT2D eigenvalue weighted by Gasteiger charge is -2.05. The Morgan fingerprint density at radius 2 is 1.68 bits per heavy atom. The van der Waals surface area contributed by atoms with Crippen molar-refractivity contribution >= 4 is 10.0 Å². The first kappa shape index (κ1) is 20.8. The molecule has 4 rings (SSSR count). The first-order chi connectivity index (χ1) is 14.8. The molecule has 0 spiro atoms. The average Bonchev–Trinajstić information content (AvgIpc) is 3.17. The summed E-state index contributed by atoms with van der Waals surface area (Å²) in [5.41, 5.74) is 2.54. The summed E-state index contributed by atoms with van der Waals surface area (Å²) in [6.07, 6.45) is 0.446. The van der Waals surface area contributed by atoms with Crippen molar-refractivity contribution in [2.75, 3.05) is 7.11 Å². The Balaban J connectivity index is 1.81. The van der Waals surface area contributed by atoms with Gasteiger partial charge in [-0.05, 0) is 48.0 Å². The van der Waals surface area contributed by atoms with Gasteiger partial charge in [0.05, 0.1) is 12.0 Å². The molecule has 0 unspecified atom stereocenters. The van der Waals surface area contributed by atoms with Gasteiger partial charge in [-0.25, -0.2) is 22.9 Å². The molecule has 0 bridgehead atoms. The first-order valence-electron chi connectivity index (χ1n) is 9.36. The molecule has 31 heavy (non-hydrogen) atoms. The van der Waals surface area contributed by atoms with Crippen LogP contribution in [0.2, 0.25) is 0 Å². The van der Waals surface area contributed by atoms with Crippen molar-refractivity contribution in [3.8, 4) is 28.3 Å². The van der Waals surface area contributed by atoms with Crippen LogP contribution in [0.3, 0.4) is 0 Å². The fraction of sp³-hybridized carbons (Fsp3) is 0.0870. The molecule has 158 valence electrons. The highest BCUT2D eigenvalue weighted by molar-refractivity contribution is 7.89. The zero-order valence-electron chi connectivity index (χ0n) is 16.6. The van der Waals surface area contributed by atoms with Gasteiger partial charge >= 0.3 is 0 Å². The number of methoxy groups -OCH3 is 1. The molecule has 2 N–H and O–H groups in total. The van der Waals surface area contributed by atoms with Crippen molar-refractivity contribution in [3.63, 3.8) is 0 Å². The predicted molar refractivity (Wildman–Crippen MR) is 115 cm³/mol. The van der Waals surface area contributed by atoms with Gasteiger partial charge in [-0.15, -0.1) is 0 Å². The molecule has 0 aliphatic rings. The SMILES string of the molecule is COc1ccc(-c2nc(Cc3ccccc3)oc2-c2ccc(S(N)(=O)=O)cc2)cc1F. The van der Waals surface area contributed by atoms with Crippen LogP contribution in [0.15, 0.2) is 82.1 Å². The third kappa shape index (κ3) is 4.50. The molecule has 6 nitrogen and oxygen atoms in total. The monoisotopic (exact) mass is 438 g/mol. The number of primary sulfonamides is 1. The second-order valence-electron chi connectivity index (χ2n) is 6.87. The Labute approximate surface area is 179 Å². The standard InChI is InChI=1S/C23H19FN2O4S/c1-29-20-12-9-17(14-19(20)24)22-23(16-7-10-18(11-8-16)31(25,27)28)30-21(26-22)13-15-5-3-2-4-6-15/h2-12,14H,13H2,1H3,(H2,25,27,28). The highest BCUT2D eigenvalue weighted by Gasteiger charge is 2.19. The number of aromatic nitrogens is 1. The van der Waals surface area contributed by atoms with E-state index in [1.807, 2.05) is 30.3 Å². The number of sulfonamides is 1. The van der Waals surface area contributed by atoms with Crippen LogP contribution in [0.1, 0.15) is 11.5 Å². The van der Waals surface area contributed by atoms with Crippen LogP contribution in [0, 0.1) is 5.82 Å². The van der Waals surface area contributed by atoms with Gasteiger partial charge in [0, 0.05) is 17.5 Å². The highest BCUT2D eigenvalue weighted by Crippen LogP contribution is 2.35. The van der Waals surface area contributed by atoms with Gasteiger partial charge in [0.15, 0.2) is 23.2 Å². The summed E-state index contributed by atoms with van der Waals surface area (Å²) >= 11 is 0. The normalized spacial score (nSPS) is 11.5. The average molecular weight is 438 g/mol. The van der Waals surface area contributed by atoms with Gasteiger partial charge in [0.2, 0.25) is 10.0 Å². The molecule has 0 fully saturated rings. The molecule has 0 aliphatic carbocycles. The summed E-state index contributed by atoms with van der Waals surface area (Å²) in [5.74, 6) is 0.443. The van der Waals surface area contributed by atoms with Gasteiger partial charge in [0.25, 0.3) is 0 Å². The lowest BCUT2D eigenvalue weighted by atomic mass is 10.1. The van der Waals surface area contributed by atoms with Crippen molar-refractivity contribution < 1.29 is 22.0 Å². The third-order valence-electron chi connectivity index (χ3n) is 4.74. The Bertz CT molecular complexity index is 1320. The fourth-order valence-corrected chi connectivity index (χ4v) is 3.73. The number of halogens is 1. The lowest BCUT2D eigenvalue weighted by Crippen LogP contribution is -2.11. The molecule has 0 atom stereocenters. The van der Waals surface area contributed by atoms with Crippen LogP contribution in [-0.2, 0) is 16.4 Å². The number of nitrogens with zero attached hydrogens (tertiary/aromatic N) is 1. The molecule has 3 aromatic carbocycles. The molecule has 0 amide bonds. The van der Waals surface area contributed by atoms with Crippen molar-refractivity contribution in [1.82, 2.24) is 4.98 Å². The number of nitrogens with two attached hydrogens (primary N) is 1. The maximum Gasteiger partial charge on any atom is 0.238 e. The molecular formula is C23H19FN2O4S.